The van der Waals surface area contributed by atoms with E-state index in [1.807, 2.05) is 0 Å². The first-order valence-corrected chi connectivity index (χ1v) is 7.65. The van der Waals surface area contributed by atoms with Gasteiger partial charge in [0.15, 0.2) is 11.4 Å². The summed E-state index contributed by atoms with van der Waals surface area (Å²) in [6, 6.07) is 7.61. The number of halogens is 3. The molecule has 0 bridgehead atoms. The fraction of sp³-hybridized carbons (Fsp3) is 0.0588. The van der Waals surface area contributed by atoms with E-state index in [1.165, 1.54) is 30.8 Å². The summed E-state index contributed by atoms with van der Waals surface area (Å²) in [5.74, 6) is -0.287. The second-order valence-electron chi connectivity index (χ2n) is 5.49. The number of carbonyl (C=O) groups is 1. The van der Waals surface area contributed by atoms with Crippen LogP contribution in [0, 0.1) is 0 Å². The smallest absolute Gasteiger partial charge is 0.421 e. The van der Waals surface area contributed by atoms with E-state index in [0.717, 1.165) is 4.52 Å². The van der Waals surface area contributed by atoms with Crippen molar-refractivity contribution in [3.63, 3.8) is 0 Å². The van der Waals surface area contributed by atoms with Crippen LogP contribution in [0.4, 0.5) is 19.0 Å². The van der Waals surface area contributed by atoms with Gasteiger partial charge in [-0.3, -0.25) is 9.78 Å². The Labute approximate surface area is 149 Å². The topological polar surface area (TPSA) is 85.3 Å². The standard InChI is InChI=1S/C17H10F3N5O2/c18-17(19,20)11-9-22-25-14(24-16(26)10-3-1-5-21-8-10)7-12(23-15(11)25)13-4-2-6-27-13/h1-9H,(H,24,26). The zero-order chi connectivity index (χ0) is 19.0. The van der Waals surface area contributed by atoms with Crippen molar-refractivity contribution in [2.45, 2.75) is 6.18 Å². The minimum absolute atomic E-state index is 0.00996. The Kier molecular flexibility index (Phi) is 3.87. The molecule has 1 amide bonds. The highest BCUT2D eigenvalue weighted by atomic mass is 19.4. The van der Waals surface area contributed by atoms with Crippen LogP contribution >= 0.6 is 0 Å². The minimum Gasteiger partial charge on any atom is -0.463 e. The zero-order valence-electron chi connectivity index (χ0n) is 13.4. The molecule has 0 saturated heterocycles. The van der Waals surface area contributed by atoms with Crippen molar-refractivity contribution >= 4 is 17.4 Å². The molecule has 27 heavy (non-hydrogen) atoms. The molecule has 0 radical (unpaired) electrons. The second kappa shape index (κ2) is 6.24. The first-order valence-electron chi connectivity index (χ1n) is 7.65. The van der Waals surface area contributed by atoms with Gasteiger partial charge in [0.25, 0.3) is 5.91 Å². The maximum Gasteiger partial charge on any atom is 0.421 e. The molecular formula is C17H10F3N5O2. The van der Waals surface area contributed by atoms with Crippen molar-refractivity contribution in [2.75, 3.05) is 5.32 Å². The molecule has 0 aliphatic heterocycles. The Morgan fingerprint density at radius 3 is 2.70 bits per heavy atom. The molecule has 0 saturated carbocycles. The molecule has 4 rings (SSSR count). The molecule has 1 N–H and O–H groups in total. The van der Waals surface area contributed by atoms with Gasteiger partial charge >= 0.3 is 6.18 Å². The third-order valence-electron chi connectivity index (χ3n) is 3.72. The van der Waals surface area contributed by atoms with Crippen LogP contribution in [0.3, 0.4) is 0 Å². The van der Waals surface area contributed by atoms with Crippen molar-refractivity contribution in [3.05, 3.63) is 66.3 Å². The Morgan fingerprint density at radius 2 is 2.04 bits per heavy atom. The first-order chi connectivity index (χ1) is 12.9. The average molecular weight is 373 g/mol. The summed E-state index contributed by atoms with van der Waals surface area (Å²) >= 11 is 0. The number of hydrogen-bond donors (Lipinski definition) is 1. The fourth-order valence-corrected chi connectivity index (χ4v) is 2.49. The lowest BCUT2D eigenvalue weighted by molar-refractivity contribution is -0.136. The molecule has 0 aliphatic rings. The lowest BCUT2D eigenvalue weighted by Crippen LogP contribution is -2.16. The number of nitrogens with zero attached hydrogens (tertiary/aromatic N) is 4. The van der Waals surface area contributed by atoms with Crippen molar-refractivity contribution in [3.8, 4) is 11.5 Å². The van der Waals surface area contributed by atoms with E-state index in [0.29, 0.717) is 6.20 Å². The van der Waals surface area contributed by atoms with E-state index < -0.39 is 23.3 Å². The van der Waals surface area contributed by atoms with Crippen LogP contribution in [0.25, 0.3) is 17.1 Å². The van der Waals surface area contributed by atoms with Crippen molar-refractivity contribution < 1.29 is 22.4 Å². The summed E-state index contributed by atoms with van der Waals surface area (Å²) < 4.78 is 46.0. The molecule has 4 aromatic rings. The van der Waals surface area contributed by atoms with Crippen LogP contribution in [0.1, 0.15) is 15.9 Å². The predicted octanol–water partition coefficient (Wildman–Crippen LogP) is 3.66. The first kappa shape index (κ1) is 16.8. The SMILES string of the molecule is O=C(Nc1cc(-c2ccco2)nc2c(C(F)(F)F)cnn12)c1cccnc1. The molecule has 0 unspecified atom stereocenters. The van der Waals surface area contributed by atoms with Gasteiger partial charge in [0.2, 0.25) is 0 Å². The number of fused-ring (bicyclic) bond motifs is 1. The van der Waals surface area contributed by atoms with Gasteiger partial charge in [0.1, 0.15) is 17.1 Å². The number of hydrogen-bond acceptors (Lipinski definition) is 5. The maximum absolute atomic E-state index is 13.3. The Morgan fingerprint density at radius 1 is 1.19 bits per heavy atom. The van der Waals surface area contributed by atoms with Gasteiger partial charge in [0.05, 0.1) is 18.0 Å². The Bertz CT molecular complexity index is 1110. The molecule has 0 aliphatic carbocycles. The lowest BCUT2D eigenvalue weighted by atomic mass is 10.2. The van der Waals surface area contributed by atoms with E-state index in [1.54, 1.807) is 18.2 Å². The molecule has 4 heterocycles. The summed E-state index contributed by atoms with van der Waals surface area (Å²) in [5, 5.41) is 6.27. The van der Waals surface area contributed by atoms with Gasteiger partial charge in [-0.1, -0.05) is 0 Å². The fourth-order valence-electron chi connectivity index (χ4n) is 2.49. The van der Waals surface area contributed by atoms with Gasteiger partial charge in [-0.25, -0.2) is 4.98 Å². The van der Waals surface area contributed by atoms with Gasteiger partial charge in [0, 0.05) is 18.5 Å². The van der Waals surface area contributed by atoms with Crippen LogP contribution in [-0.4, -0.2) is 25.5 Å². The predicted molar refractivity (Wildman–Crippen MR) is 87.9 cm³/mol. The van der Waals surface area contributed by atoms with Gasteiger partial charge in [-0.05, 0) is 24.3 Å². The van der Waals surface area contributed by atoms with Gasteiger partial charge in [-0.2, -0.15) is 22.8 Å². The number of rotatable bonds is 3. The molecule has 0 spiro atoms. The van der Waals surface area contributed by atoms with Crippen LogP contribution in [0.2, 0.25) is 0 Å². The van der Waals surface area contributed by atoms with Crippen molar-refractivity contribution in [1.82, 2.24) is 19.6 Å². The highest BCUT2D eigenvalue weighted by molar-refractivity contribution is 6.03. The normalized spacial score (nSPS) is 11.7. The van der Waals surface area contributed by atoms with Crippen molar-refractivity contribution in [1.29, 1.82) is 0 Å². The van der Waals surface area contributed by atoms with E-state index in [9.17, 15) is 18.0 Å². The van der Waals surface area contributed by atoms with E-state index in [2.05, 4.69) is 20.4 Å². The maximum atomic E-state index is 13.3. The molecular weight excluding hydrogens is 363 g/mol. The number of aromatic nitrogens is 4. The minimum atomic E-state index is -4.65. The van der Waals surface area contributed by atoms with Gasteiger partial charge < -0.3 is 9.73 Å². The summed E-state index contributed by atoms with van der Waals surface area (Å²) in [5.41, 5.74) is -1.10. The lowest BCUT2D eigenvalue weighted by Gasteiger charge is -2.10. The highest BCUT2D eigenvalue weighted by Crippen LogP contribution is 2.34. The third-order valence-corrected chi connectivity index (χ3v) is 3.72. The summed E-state index contributed by atoms with van der Waals surface area (Å²) in [6.45, 7) is 0. The largest absolute Gasteiger partial charge is 0.463 e. The number of amides is 1. The van der Waals surface area contributed by atoms with Crippen LogP contribution in [0.5, 0.6) is 0 Å². The van der Waals surface area contributed by atoms with E-state index in [4.69, 9.17) is 4.42 Å². The summed E-state index contributed by atoms with van der Waals surface area (Å²) in [6.07, 6.45) is 0.218. The Balaban J connectivity index is 1.86. The molecule has 7 nitrogen and oxygen atoms in total. The average Bonchev–Trinajstić information content (AvgIpc) is 3.31. The number of furan rings is 1. The molecule has 0 aromatic carbocycles. The monoisotopic (exact) mass is 373 g/mol. The van der Waals surface area contributed by atoms with Crippen LogP contribution < -0.4 is 5.32 Å². The van der Waals surface area contributed by atoms with E-state index >= 15 is 0 Å². The second-order valence-corrected chi connectivity index (χ2v) is 5.49. The number of alkyl halides is 3. The van der Waals surface area contributed by atoms with Gasteiger partial charge in [-0.15, -0.1) is 0 Å². The quantitative estimate of drug-likeness (QED) is 0.592. The molecule has 136 valence electrons. The number of nitrogens with one attached hydrogen (secondary N) is 1. The zero-order valence-corrected chi connectivity index (χ0v) is 13.4. The number of pyridine rings is 1. The molecule has 10 heteroatoms. The highest BCUT2D eigenvalue weighted by Gasteiger charge is 2.36. The van der Waals surface area contributed by atoms with Crippen LogP contribution in [-0.2, 0) is 6.18 Å². The number of carbonyl (C=O) groups excluding carboxylic acids is 1. The third kappa shape index (κ3) is 3.12. The van der Waals surface area contributed by atoms with Crippen molar-refractivity contribution in [2.24, 2.45) is 0 Å². The van der Waals surface area contributed by atoms with Crippen LogP contribution in [0.15, 0.2) is 59.6 Å². The van der Waals surface area contributed by atoms with E-state index in [-0.39, 0.29) is 22.8 Å². The Hall–Kier alpha value is -3.69. The molecule has 0 fully saturated rings. The summed E-state index contributed by atoms with van der Waals surface area (Å²) in [7, 11) is 0. The molecule has 0 atom stereocenters. The number of anilines is 1. The molecule has 4 aromatic heterocycles. The summed E-state index contributed by atoms with van der Waals surface area (Å²) in [4.78, 5) is 20.3.